The third kappa shape index (κ3) is 7.17. The number of anilines is 1. The molecular formula is C21H25NO3. The summed E-state index contributed by atoms with van der Waals surface area (Å²) in [5, 5.41) is 3.37. The fourth-order valence-electron chi connectivity index (χ4n) is 2.36. The molecule has 1 N–H and O–H groups in total. The molecule has 0 aliphatic carbocycles. The molecule has 2 rings (SSSR count). The summed E-state index contributed by atoms with van der Waals surface area (Å²) in [4.78, 5) is 11.6. The minimum Gasteiger partial charge on any atom is -0.462 e. The van der Waals surface area contributed by atoms with E-state index in [1.54, 1.807) is 25.3 Å². The Kier molecular flexibility index (Phi) is 8.20. The van der Waals surface area contributed by atoms with E-state index >= 15 is 0 Å². The van der Waals surface area contributed by atoms with Crippen molar-refractivity contribution in [2.45, 2.75) is 39.0 Å². The topological polar surface area (TPSA) is 51.5 Å². The maximum Gasteiger partial charge on any atom is 0.338 e. The Morgan fingerprint density at radius 3 is 2.64 bits per heavy atom. The predicted molar refractivity (Wildman–Crippen MR) is 99.6 cm³/mol. The maximum atomic E-state index is 11.6. The van der Waals surface area contributed by atoms with Crippen molar-refractivity contribution in [2.75, 3.05) is 18.5 Å². The molecule has 0 unspecified atom stereocenters. The SMILES string of the molecule is CCOC(=O)c1ccc(NCCCCCCC#Cc2ccco2)cc1. The second-order valence-electron chi connectivity index (χ2n) is 5.67. The van der Waals surface area contributed by atoms with Crippen molar-refractivity contribution in [3.8, 4) is 11.8 Å². The van der Waals surface area contributed by atoms with Gasteiger partial charge in [0.05, 0.1) is 18.4 Å². The van der Waals surface area contributed by atoms with Crippen LogP contribution in [0.1, 0.15) is 55.1 Å². The van der Waals surface area contributed by atoms with Gasteiger partial charge in [-0.1, -0.05) is 18.8 Å². The molecule has 0 radical (unpaired) electrons. The van der Waals surface area contributed by atoms with Crippen LogP contribution in [0.4, 0.5) is 5.69 Å². The van der Waals surface area contributed by atoms with E-state index in [2.05, 4.69) is 17.2 Å². The molecular weight excluding hydrogens is 314 g/mol. The quantitative estimate of drug-likeness (QED) is 0.402. The van der Waals surface area contributed by atoms with E-state index in [-0.39, 0.29) is 5.97 Å². The molecule has 0 fully saturated rings. The number of carbonyl (C=O) groups excluding carboxylic acids is 1. The van der Waals surface area contributed by atoms with Crippen molar-refractivity contribution in [3.05, 3.63) is 54.0 Å². The summed E-state index contributed by atoms with van der Waals surface area (Å²) in [5.41, 5.74) is 1.61. The van der Waals surface area contributed by atoms with E-state index in [9.17, 15) is 4.79 Å². The van der Waals surface area contributed by atoms with Crippen LogP contribution in [0.2, 0.25) is 0 Å². The molecule has 4 heteroatoms. The van der Waals surface area contributed by atoms with E-state index in [1.165, 1.54) is 12.8 Å². The zero-order valence-electron chi connectivity index (χ0n) is 14.7. The number of hydrogen-bond donors (Lipinski definition) is 1. The molecule has 0 saturated carbocycles. The van der Waals surface area contributed by atoms with Crippen LogP contribution in [0.25, 0.3) is 0 Å². The highest BCUT2D eigenvalue weighted by molar-refractivity contribution is 5.89. The molecule has 0 bridgehead atoms. The second-order valence-corrected chi connectivity index (χ2v) is 5.67. The van der Waals surface area contributed by atoms with Gasteiger partial charge >= 0.3 is 5.97 Å². The van der Waals surface area contributed by atoms with Crippen molar-refractivity contribution >= 4 is 11.7 Å². The highest BCUT2D eigenvalue weighted by atomic mass is 16.5. The Morgan fingerprint density at radius 1 is 1.12 bits per heavy atom. The fourth-order valence-corrected chi connectivity index (χ4v) is 2.36. The summed E-state index contributed by atoms with van der Waals surface area (Å²) in [6.07, 6.45) is 7.13. The maximum absolute atomic E-state index is 11.6. The lowest BCUT2D eigenvalue weighted by Crippen LogP contribution is -2.05. The molecule has 4 nitrogen and oxygen atoms in total. The number of carbonyl (C=O) groups is 1. The molecule has 0 saturated heterocycles. The van der Waals surface area contributed by atoms with Crippen molar-refractivity contribution in [3.63, 3.8) is 0 Å². The monoisotopic (exact) mass is 339 g/mol. The van der Waals surface area contributed by atoms with E-state index in [0.717, 1.165) is 37.3 Å². The van der Waals surface area contributed by atoms with E-state index in [1.807, 2.05) is 24.3 Å². The lowest BCUT2D eigenvalue weighted by Gasteiger charge is -2.07. The second kappa shape index (κ2) is 11.0. The van der Waals surface area contributed by atoms with Gasteiger partial charge in [0, 0.05) is 18.7 Å². The Morgan fingerprint density at radius 2 is 1.92 bits per heavy atom. The van der Waals surface area contributed by atoms with Crippen molar-refractivity contribution in [2.24, 2.45) is 0 Å². The van der Waals surface area contributed by atoms with Gasteiger partial charge in [-0.15, -0.1) is 0 Å². The molecule has 1 aromatic carbocycles. The summed E-state index contributed by atoms with van der Waals surface area (Å²) in [6, 6.07) is 11.1. The van der Waals surface area contributed by atoms with Gasteiger partial charge in [-0.05, 0) is 62.1 Å². The molecule has 2 aromatic rings. The molecule has 1 heterocycles. The molecule has 0 spiro atoms. The van der Waals surface area contributed by atoms with Crippen LogP contribution in [0.15, 0.2) is 47.1 Å². The van der Waals surface area contributed by atoms with Crippen LogP contribution in [-0.2, 0) is 4.74 Å². The van der Waals surface area contributed by atoms with Crippen LogP contribution < -0.4 is 5.32 Å². The molecule has 132 valence electrons. The van der Waals surface area contributed by atoms with Gasteiger partial charge in [-0.2, -0.15) is 0 Å². The molecule has 0 atom stereocenters. The molecule has 25 heavy (non-hydrogen) atoms. The third-order valence-corrected chi connectivity index (χ3v) is 3.69. The smallest absolute Gasteiger partial charge is 0.338 e. The van der Waals surface area contributed by atoms with E-state index in [0.29, 0.717) is 12.2 Å². The lowest BCUT2D eigenvalue weighted by molar-refractivity contribution is 0.0526. The van der Waals surface area contributed by atoms with Gasteiger partial charge in [-0.3, -0.25) is 0 Å². The minimum absolute atomic E-state index is 0.274. The highest BCUT2D eigenvalue weighted by Gasteiger charge is 2.05. The standard InChI is InChI=1S/C21H25NO3/c1-2-24-21(23)18-12-14-19(15-13-18)22-16-8-6-4-3-5-7-10-20-11-9-17-25-20/h9,11-15,17,22H,2-6,8,16H2,1H3. The number of rotatable bonds is 9. The summed E-state index contributed by atoms with van der Waals surface area (Å²) < 4.78 is 10.1. The Hall–Kier alpha value is -2.67. The van der Waals surface area contributed by atoms with Crippen LogP contribution >= 0.6 is 0 Å². The lowest BCUT2D eigenvalue weighted by atomic mass is 10.1. The highest BCUT2D eigenvalue weighted by Crippen LogP contribution is 2.11. The molecule has 0 aliphatic heterocycles. The first-order chi connectivity index (χ1) is 12.3. The minimum atomic E-state index is -0.274. The zero-order chi connectivity index (χ0) is 17.7. The van der Waals surface area contributed by atoms with Crippen LogP contribution in [0.3, 0.4) is 0 Å². The predicted octanol–water partition coefficient (Wildman–Crippen LogP) is 4.87. The number of hydrogen-bond acceptors (Lipinski definition) is 4. The van der Waals surface area contributed by atoms with Gasteiger partial charge in [0.1, 0.15) is 0 Å². The van der Waals surface area contributed by atoms with Gasteiger partial charge in [0.25, 0.3) is 0 Å². The number of unbranched alkanes of at least 4 members (excludes halogenated alkanes) is 4. The largest absolute Gasteiger partial charge is 0.462 e. The Labute approximate surface area is 149 Å². The molecule has 1 aromatic heterocycles. The van der Waals surface area contributed by atoms with Crippen molar-refractivity contribution in [1.82, 2.24) is 0 Å². The number of furan rings is 1. The van der Waals surface area contributed by atoms with Crippen LogP contribution in [0.5, 0.6) is 0 Å². The summed E-state index contributed by atoms with van der Waals surface area (Å²) in [5.74, 6) is 6.60. The summed E-state index contributed by atoms with van der Waals surface area (Å²) in [7, 11) is 0. The first kappa shape index (κ1) is 18.7. The number of esters is 1. The van der Waals surface area contributed by atoms with E-state index in [4.69, 9.17) is 9.15 Å². The molecule has 0 aliphatic rings. The van der Waals surface area contributed by atoms with Crippen molar-refractivity contribution < 1.29 is 13.9 Å². The normalized spacial score (nSPS) is 9.96. The number of ether oxygens (including phenoxy) is 1. The zero-order valence-corrected chi connectivity index (χ0v) is 14.7. The first-order valence-electron chi connectivity index (χ1n) is 8.83. The fraction of sp³-hybridized carbons (Fsp3) is 0.381. The first-order valence-corrected chi connectivity index (χ1v) is 8.83. The van der Waals surface area contributed by atoms with Crippen molar-refractivity contribution in [1.29, 1.82) is 0 Å². The number of nitrogens with one attached hydrogen (secondary N) is 1. The average molecular weight is 339 g/mol. The summed E-state index contributed by atoms with van der Waals surface area (Å²) >= 11 is 0. The number of benzene rings is 1. The van der Waals surface area contributed by atoms with Crippen LogP contribution in [0, 0.1) is 11.8 Å². The molecule has 0 amide bonds. The van der Waals surface area contributed by atoms with Gasteiger partial charge in [0.2, 0.25) is 0 Å². The Bertz CT molecular complexity index is 678. The van der Waals surface area contributed by atoms with Gasteiger partial charge < -0.3 is 14.5 Å². The van der Waals surface area contributed by atoms with Gasteiger partial charge in [0.15, 0.2) is 5.76 Å². The van der Waals surface area contributed by atoms with Crippen LogP contribution in [-0.4, -0.2) is 19.1 Å². The third-order valence-electron chi connectivity index (χ3n) is 3.69. The Balaban J connectivity index is 1.53. The van der Waals surface area contributed by atoms with Gasteiger partial charge in [-0.25, -0.2) is 4.79 Å². The average Bonchev–Trinajstić information content (AvgIpc) is 3.14. The van der Waals surface area contributed by atoms with E-state index < -0.39 is 0 Å². The summed E-state index contributed by atoms with van der Waals surface area (Å²) in [6.45, 7) is 3.13.